The molecule has 0 aliphatic carbocycles. The smallest absolute Gasteiger partial charge is 0.314 e. The Labute approximate surface area is 139 Å². The quantitative estimate of drug-likeness (QED) is 0.623. The van der Waals surface area contributed by atoms with Crippen LogP contribution in [0, 0.1) is 10.1 Å². The minimum atomic E-state index is -4.64. The average molecular weight is 355 g/mol. The Bertz CT molecular complexity index is 860. The number of aromatic nitrogens is 1. The third-order valence-electron chi connectivity index (χ3n) is 3.44. The third kappa shape index (κ3) is 4.22. The van der Waals surface area contributed by atoms with E-state index in [0.717, 1.165) is 11.0 Å². The Hall–Kier alpha value is -3.17. The van der Waals surface area contributed by atoms with Crippen LogP contribution in [0.5, 0.6) is 0 Å². The van der Waals surface area contributed by atoms with Crippen LogP contribution in [0.25, 0.3) is 0 Å². The molecule has 0 saturated heterocycles. The molecule has 7 nitrogen and oxygen atoms in total. The van der Waals surface area contributed by atoms with E-state index in [9.17, 15) is 32.9 Å². The van der Waals surface area contributed by atoms with E-state index >= 15 is 0 Å². The molecule has 25 heavy (non-hydrogen) atoms. The van der Waals surface area contributed by atoms with E-state index < -0.39 is 34.7 Å². The Morgan fingerprint density at radius 3 is 2.32 bits per heavy atom. The summed E-state index contributed by atoms with van der Waals surface area (Å²) in [6, 6.07) is 6.41. The maximum atomic E-state index is 12.7. The monoisotopic (exact) mass is 355 g/mol. The number of hydrogen-bond donors (Lipinski definition) is 0. The lowest BCUT2D eigenvalue weighted by molar-refractivity contribution is -0.384. The van der Waals surface area contributed by atoms with Crippen molar-refractivity contribution in [3.05, 3.63) is 68.6 Å². The average Bonchev–Trinajstić information content (AvgIpc) is 2.55. The molecule has 0 saturated carbocycles. The highest BCUT2D eigenvalue weighted by atomic mass is 19.4. The minimum Gasteiger partial charge on any atom is -0.314 e. The van der Waals surface area contributed by atoms with Crippen molar-refractivity contribution >= 4 is 17.3 Å². The largest absolute Gasteiger partial charge is 0.417 e. The first-order valence-corrected chi connectivity index (χ1v) is 6.88. The topological polar surface area (TPSA) is 85.5 Å². The molecule has 1 aromatic heterocycles. The van der Waals surface area contributed by atoms with Crippen LogP contribution in [0.15, 0.2) is 47.4 Å². The maximum Gasteiger partial charge on any atom is 0.417 e. The van der Waals surface area contributed by atoms with E-state index in [-0.39, 0.29) is 5.69 Å². The Kier molecular flexibility index (Phi) is 4.91. The molecule has 1 amide bonds. The molecule has 2 aromatic rings. The molecule has 0 radical (unpaired) electrons. The van der Waals surface area contributed by atoms with Crippen LogP contribution in [0.3, 0.4) is 0 Å². The van der Waals surface area contributed by atoms with Crippen LogP contribution in [-0.4, -0.2) is 22.4 Å². The van der Waals surface area contributed by atoms with E-state index in [1.165, 1.54) is 31.3 Å². The van der Waals surface area contributed by atoms with Crippen molar-refractivity contribution in [3.8, 4) is 0 Å². The first-order chi connectivity index (χ1) is 11.6. The molecular weight excluding hydrogens is 343 g/mol. The van der Waals surface area contributed by atoms with Gasteiger partial charge in [-0.2, -0.15) is 13.2 Å². The summed E-state index contributed by atoms with van der Waals surface area (Å²) >= 11 is 0. The number of hydrogen-bond acceptors (Lipinski definition) is 4. The van der Waals surface area contributed by atoms with Crippen molar-refractivity contribution in [2.24, 2.45) is 0 Å². The second kappa shape index (κ2) is 6.75. The number of rotatable bonds is 4. The predicted octanol–water partition coefficient (Wildman–Crippen LogP) is 2.44. The molecule has 1 aromatic carbocycles. The van der Waals surface area contributed by atoms with Gasteiger partial charge < -0.3 is 9.47 Å². The SMILES string of the molecule is CN(C(=O)Cn1cc(C(F)(F)F)ccc1=O)c1ccc([N+](=O)[O-])cc1. The van der Waals surface area contributed by atoms with Crippen molar-refractivity contribution in [2.45, 2.75) is 12.7 Å². The molecule has 1 heterocycles. The molecule has 0 N–H and O–H groups in total. The van der Waals surface area contributed by atoms with Crippen LogP contribution in [0.1, 0.15) is 5.56 Å². The van der Waals surface area contributed by atoms with Crippen LogP contribution in [-0.2, 0) is 17.5 Å². The van der Waals surface area contributed by atoms with Crippen molar-refractivity contribution in [2.75, 3.05) is 11.9 Å². The molecule has 10 heteroatoms. The summed E-state index contributed by atoms with van der Waals surface area (Å²) < 4.78 is 38.8. The summed E-state index contributed by atoms with van der Waals surface area (Å²) in [6.45, 7) is -0.601. The zero-order valence-corrected chi connectivity index (χ0v) is 12.9. The molecule has 132 valence electrons. The van der Waals surface area contributed by atoms with Gasteiger partial charge in [0.15, 0.2) is 0 Å². The van der Waals surface area contributed by atoms with Crippen LogP contribution < -0.4 is 10.5 Å². The van der Waals surface area contributed by atoms with Crippen molar-refractivity contribution < 1.29 is 22.9 Å². The normalized spacial score (nSPS) is 11.2. The Morgan fingerprint density at radius 2 is 1.80 bits per heavy atom. The number of pyridine rings is 1. The zero-order valence-electron chi connectivity index (χ0n) is 12.9. The first-order valence-electron chi connectivity index (χ1n) is 6.88. The van der Waals surface area contributed by atoms with Gasteiger partial charge in [0.1, 0.15) is 6.54 Å². The second-order valence-electron chi connectivity index (χ2n) is 5.11. The minimum absolute atomic E-state index is 0.168. The molecule has 0 aliphatic rings. The number of carbonyl (C=O) groups excluding carboxylic acids is 1. The molecule has 0 spiro atoms. The zero-order chi connectivity index (χ0) is 18.8. The van der Waals surface area contributed by atoms with Gasteiger partial charge in [-0.1, -0.05) is 0 Å². The van der Waals surface area contributed by atoms with E-state index in [1.54, 1.807) is 0 Å². The van der Waals surface area contributed by atoms with Gasteiger partial charge >= 0.3 is 6.18 Å². The Morgan fingerprint density at radius 1 is 1.20 bits per heavy atom. The van der Waals surface area contributed by atoms with E-state index in [4.69, 9.17) is 0 Å². The van der Waals surface area contributed by atoms with Gasteiger partial charge in [0.05, 0.1) is 10.5 Å². The number of benzene rings is 1. The van der Waals surface area contributed by atoms with Crippen LogP contribution in [0.4, 0.5) is 24.5 Å². The number of nitro groups is 1. The molecule has 2 rings (SSSR count). The lowest BCUT2D eigenvalue weighted by Gasteiger charge is -2.18. The molecular formula is C15H12F3N3O4. The number of halogens is 3. The third-order valence-corrected chi connectivity index (χ3v) is 3.44. The van der Waals surface area contributed by atoms with E-state index in [1.807, 2.05) is 0 Å². The number of nitro benzene ring substituents is 1. The summed E-state index contributed by atoms with van der Waals surface area (Å²) in [4.78, 5) is 35.0. The number of anilines is 1. The van der Waals surface area contributed by atoms with Gasteiger partial charge in [0.2, 0.25) is 5.91 Å². The van der Waals surface area contributed by atoms with E-state index in [0.29, 0.717) is 22.5 Å². The lowest BCUT2D eigenvalue weighted by atomic mass is 10.2. The van der Waals surface area contributed by atoms with Gasteiger partial charge in [-0.15, -0.1) is 0 Å². The van der Waals surface area contributed by atoms with Gasteiger partial charge in [0.25, 0.3) is 11.2 Å². The van der Waals surface area contributed by atoms with Crippen molar-refractivity contribution in [1.82, 2.24) is 4.57 Å². The summed E-state index contributed by atoms with van der Waals surface area (Å²) in [5.41, 5.74) is -1.66. The number of carbonyl (C=O) groups is 1. The number of amides is 1. The first kappa shape index (κ1) is 18.2. The second-order valence-corrected chi connectivity index (χ2v) is 5.11. The number of likely N-dealkylation sites (N-methyl/N-ethyl adjacent to an activating group) is 1. The molecule has 0 aliphatic heterocycles. The lowest BCUT2D eigenvalue weighted by Crippen LogP contribution is -2.34. The number of nitrogens with zero attached hydrogens (tertiary/aromatic N) is 3. The molecule has 0 atom stereocenters. The highest BCUT2D eigenvalue weighted by Gasteiger charge is 2.31. The Balaban J connectivity index is 2.21. The summed E-state index contributed by atoms with van der Waals surface area (Å²) in [5.74, 6) is -0.657. The van der Waals surface area contributed by atoms with Crippen LogP contribution >= 0.6 is 0 Å². The van der Waals surface area contributed by atoms with E-state index in [2.05, 4.69) is 0 Å². The number of non-ortho nitro benzene ring substituents is 1. The summed E-state index contributed by atoms with van der Waals surface area (Å²) in [5, 5.41) is 10.6. The van der Waals surface area contributed by atoms with Gasteiger partial charge in [0, 0.05) is 37.1 Å². The van der Waals surface area contributed by atoms with Gasteiger partial charge in [-0.05, 0) is 18.2 Å². The molecule has 0 bridgehead atoms. The van der Waals surface area contributed by atoms with Gasteiger partial charge in [-0.25, -0.2) is 0 Å². The maximum absolute atomic E-state index is 12.7. The van der Waals surface area contributed by atoms with Crippen LogP contribution in [0.2, 0.25) is 0 Å². The van der Waals surface area contributed by atoms with Crippen molar-refractivity contribution in [1.29, 1.82) is 0 Å². The molecule has 0 fully saturated rings. The van der Waals surface area contributed by atoms with Crippen molar-refractivity contribution in [3.63, 3.8) is 0 Å². The molecule has 0 unspecified atom stereocenters. The standard InChI is InChI=1S/C15H12F3N3O4/c1-19(11-3-5-12(6-4-11)21(24)25)14(23)9-20-8-10(15(16,17)18)2-7-13(20)22/h2-8H,9H2,1H3. The predicted molar refractivity (Wildman–Crippen MR) is 82.2 cm³/mol. The summed E-state index contributed by atoms with van der Waals surface area (Å²) in [7, 11) is 1.35. The highest BCUT2D eigenvalue weighted by molar-refractivity contribution is 5.92. The summed E-state index contributed by atoms with van der Waals surface area (Å²) in [6.07, 6.45) is -4.06. The van der Waals surface area contributed by atoms with Gasteiger partial charge in [-0.3, -0.25) is 19.7 Å². The fourth-order valence-electron chi connectivity index (χ4n) is 2.02. The fraction of sp³-hybridized carbons (Fsp3) is 0.200. The number of alkyl halides is 3. The fourth-order valence-corrected chi connectivity index (χ4v) is 2.02. The highest BCUT2D eigenvalue weighted by Crippen LogP contribution is 2.28.